The van der Waals surface area contributed by atoms with Crippen LogP contribution in [0.3, 0.4) is 0 Å². The molecule has 8 nitrogen and oxygen atoms in total. The van der Waals surface area contributed by atoms with Crippen molar-refractivity contribution in [1.29, 1.82) is 0 Å². The zero-order valence-corrected chi connectivity index (χ0v) is 23.4. The standard InChI is InChI=1S/C26H30BrN3O5.ClH/c1-17-22(28-24(34-17)19-7-6-8-20(27)13-19)15-30(16-23(31)29(4)5)14-18-9-11-21(12-10-18)35-26(2,3)25(32)33;/h6-13H,14-16H2,1-5H3,(H,32,33);1H. The summed E-state index contributed by atoms with van der Waals surface area (Å²) >= 11 is 3.47. The molecule has 0 radical (unpaired) electrons. The van der Waals surface area contributed by atoms with Crippen molar-refractivity contribution in [3.63, 3.8) is 0 Å². The molecule has 3 rings (SSSR count). The molecule has 0 aliphatic rings. The third kappa shape index (κ3) is 7.81. The molecule has 2 aromatic carbocycles. The van der Waals surface area contributed by atoms with Gasteiger partial charge < -0.3 is 19.2 Å². The minimum atomic E-state index is -1.33. The number of oxazole rings is 1. The summed E-state index contributed by atoms with van der Waals surface area (Å²) in [4.78, 5) is 32.1. The summed E-state index contributed by atoms with van der Waals surface area (Å²) in [6.45, 7) is 5.98. The highest BCUT2D eigenvalue weighted by atomic mass is 79.9. The first-order valence-electron chi connectivity index (χ1n) is 11.1. The highest BCUT2D eigenvalue weighted by molar-refractivity contribution is 9.10. The molecule has 0 aliphatic carbocycles. The fourth-order valence-corrected chi connectivity index (χ4v) is 3.69. The molecular formula is C26H31BrClN3O5. The molecule has 0 bridgehead atoms. The molecule has 1 amide bonds. The predicted molar refractivity (Wildman–Crippen MR) is 143 cm³/mol. The maximum Gasteiger partial charge on any atom is 0.347 e. The van der Waals surface area contributed by atoms with Gasteiger partial charge in [-0.2, -0.15) is 0 Å². The highest BCUT2D eigenvalue weighted by Gasteiger charge is 2.29. The summed E-state index contributed by atoms with van der Waals surface area (Å²) in [5.74, 6) is 0.618. The van der Waals surface area contributed by atoms with Crippen LogP contribution in [0.1, 0.15) is 30.9 Å². The van der Waals surface area contributed by atoms with Crippen LogP contribution in [0.15, 0.2) is 57.4 Å². The van der Waals surface area contributed by atoms with E-state index in [1.165, 1.54) is 13.8 Å². The number of halogens is 2. The Bertz CT molecular complexity index is 1190. The Morgan fingerprint density at radius 1 is 1.11 bits per heavy atom. The quantitative estimate of drug-likeness (QED) is 0.354. The van der Waals surface area contributed by atoms with E-state index in [4.69, 9.17) is 14.1 Å². The second kappa shape index (κ2) is 12.4. The number of carbonyl (C=O) groups is 2. The number of carboxylic acids is 1. The lowest BCUT2D eigenvalue weighted by Crippen LogP contribution is -2.37. The number of amides is 1. The van der Waals surface area contributed by atoms with Gasteiger partial charge in [-0.15, -0.1) is 12.4 Å². The van der Waals surface area contributed by atoms with E-state index < -0.39 is 11.6 Å². The molecule has 36 heavy (non-hydrogen) atoms. The molecule has 1 heterocycles. The number of carbonyl (C=O) groups excluding carboxylic acids is 1. The minimum absolute atomic E-state index is 0. The number of aliphatic carboxylic acids is 1. The lowest BCUT2D eigenvalue weighted by Gasteiger charge is -2.24. The Morgan fingerprint density at radius 2 is 1.78 bits per heavy atom. The normalized spacial score (nSPS) is 11.2. The molecule has 3 aromatic rings. The fourth-order valence-electron chi connectivity index (χ4n) is 3.29. The summed E-state index contributed by atoms with van der Waals surface area (Å²) in [7, 11) is 3.45. The van der Waals surface area contributed by atoms with Gasteiger partial charge in [-0.3, -0.25) is 9.69 Å². The SMILES string of the molecule is Cc1oc(-c2cccc(Br)c2)nc1CN(CC(=O)N(C)C)Cc1ccc(OC(C)(C)C(=O)O)cc1.Cl. The summed E-state index contributed by atoms with van der Waals surface area (Å²) in [5, 5.41) is 9.27. The fraction of sp³-hybridized carbons (Fsp3) is 0.346. The first-order chi connectivity index (χ1) is 16.4. The zero-order valence-electron chi connectivity index (χ0n) is 20.9. The number of hydrogen-bond acceptors (Lipinski definition) is 6. The van der Waals surface area contributed by atoms with Crippen molar-refractivity contribution in [2.45, 2.75) is 39.5 Å². The summed E-state index contributed by atoms with van der Waals surface area (Å²) in [6, 6.07) is 14.9. The van der Waals surface area contributed by atoms with E-state index in [1.807, 2.05) is 48.2 Å². The van der Waals surface area contributed by atoms with Crippen LogP contribution >= 0.6 is 28.3 Å². The largest absolute Gasteiger partial charge is 0.478 e. The summed E-state index contributed by atoms with van der Waals surface area (Å²) in [6.07, 6.45) is 0. The van der Waals surface area contributed by atoms with Crippen LogP contribution in [0.25, 0.3) is 11.5 Å². The van der Waals surface area contributed by atoms with Crippen LogP contribution in [0.4, 0.5) is 0 Å². The van der Waals surface area contributed by atoms with E-state index in [1.54, 1.807) is 31.1 Å². The number of aryl methyl sites for hydroxylation is 1. The van der Waals surface area contributed by atoms with Crippen molar-refractivity contribution < 1.29 is 23.8 Å². The average Bonchev–Trinajstić information content (AvgIpc) is 3.15. The molecule has 0 aliphatic heterocycles. The van der Waals surface area contributed by atoms with Crippen molar-refractivity contribution in [2.75, 3.05) is 20.6 Å². The zero-order chi connectivity index (χ0) is 25.8. The van der Waals surface area contributed by atoms with Crippen molar-refractivity contribution in [1.82, 2.24) is 14.8 Å². The van der Waals surface area contributed by atoms with Gasteiger partial charge in [0.1, 0.15) is 11.5 Å². The Hall–Kier alpha value is -2.88. The van der Waals surface area contributed by atoms with E-state index in [0.29, 0.717) is 30.5 Å². The van der Waals surface area contributed by atoms with E-state index in [0.717, 1.165) is 21.3 Å². The molecule has 1 aromatic heterocycles. The van der Waals surface area contributed by atoms with Crippen LogP contribution in [0.5, 0.6) is 5.75 Å². The predicted octanol–water partition coefficient (Wildman–Crippen LogP) is 5.17. The van der Waals surface area contributed by atoms with Crippen LogP contribution in [0, 0.1) is 6.92 Å². The van der Waals surface area contributed by atoms with Crippen molar-refractivity contribution >= 4 is 40.2 Å². The van der Waals surface area contributed by atoms with E-state index in [-0.39, 0.29) is 24.9 Å². The Balaban J connectivity index is 0.00000456. The maximum absolute atomic E-state index is 12.5. The van der Waals surface area contributed by atoms with Gasteiger partial charge in [0.25, 0.3) is 0 Å². The number of benzene rings is 2. The molecule has 1 N–H and O–H groups in total. The van der Waals surface area contributed by atoms with Crippen LogP contribution in [0.2, 0.25) is 0 Å². The molecule has 0 fully saturated rings. The second-order valence-corrected chi connectivity index (χ2v) is 9.94. The molecule has 10 heteroatoms. The first-order valence-corrected chi connectivity index (χ1v) is 11.9. The molecule has 0 atom stereocenters. The van der Waals surface area contributed by atoms with Crippen LogP contribution in [-0.4, -0.2) is 58.0 Å². The van der Waals surface area contributed by atoms with Gasteiger partial charge in [-0.1, -0.05) is 34.1 Å². The van der Waals surface area contributed by atoms with E-state index in [9.17, 15) is 14.7 Å². The van der Waals surface area contributed by atoms with Gasteiger partial charge in [-0.05, 0) is 56.7 Å². The van der Waals surface area contributed by atoms with Gasteiger partial charge >= 0.3 is 5.97 Å². The van der Waals surface area contributed by atoms with Gasteiger partial charge in [0.15, 0.2) is 5.60 Å². The van der Waals surface area contributed by atoms with Gasteiger partial charge in [0, 0.05) is 37.2 Å². The van der Waals surface area contributed by atoms with E-state index in [2.05, 4.69) is 15.9 Å². The number of likely N-dealkylation sites (N-methyl/N-ethyl adjacent to an activating group) is 1. The Labute approximate surface area is 225 Å². The lowest BCUT2D eigenvalue weighted by molar-refractivity contribution is -0.152. The number of nitrogens with zero attached hydrogens (tertiary/aromatic N) is 3. The van der Waals surface area contributed by atoms with Crippen molar-refractivity contribution in [2.24, 2.45) is 0 Å². The molecular weight excluding hydrogens is 550 g/mol. The second-order valence-electron chi connectivity index (χ2n) is 9.03. The van der Waals surface area contributed by atoms with Crippen molar-refractivity contribution in [3.05, 3.63) is 70.0 Å². The number of carboxylic acid groups (broad SMARTS) is 1. The monoisotopic (exact) mass is 579 g/mol. The van der Waals surface area contributed by atoms with Gasteiger partial charge in [-0.25, -0.2) is 9.78 Å². The molecule has 0 saturated heterocycles. The van der Waals surface area contributed by atoms with E-state index >= 15 is 0 Å². The first kappa shape index (κ1) is 29.4. The van der Waals surface area contributed by atoms with Crippen molar-refractivity contribution in [3.8, 4) is 17.2 Å². The van der Waals surface area contributed by atoms with Gasteiger partial charge in [0.2, 0.25) is 11.8 Å². The van der Waals surface area contributed by atoms with Crippen LogP contribution in [-0.2, 0) is 22.7 Å². The molecule has 0 unspecified atom stereocenters. The third-order valence-electron chi connectivity index (χ3n) is 5.41. The number of ether oxygens (including phenoxy) is 1. The summed E-state index contributed by atoms with van der Waals surface area (Å²) in [5.41, 5.74) is 1.24. The third-order valence-corrected chi connectivity index (χ3v) is 5.91. The average molecular weight is 581 g/mol. The minimum Gasteiger partial charge on any atom is -0.478 e. The highest BCUT2D eigenvalue weighted by Crippen LogP contribution is 2.26. The topological polar surface area (TPSA) is 96.1 Å². The number of hydrogen-bond donors (Lipinski definition) is 1. The summed E-state index contributed by atoms with van der Waals surface area (Å²) < 4.78 is 12.4. The number of aromatic nitrogens is 1. The molecule has 194 valence electrons. The van der Waals surface area contributed by atoms with Crippen LogP contribution < -0.4 is 4.74 Å². The maximum atomic E-state index is 12.5. The number of rotatable bonds is 10. The molecule has 0 spiro atoms. The molecule has 0 saturated carbocycles. The smallest absolute Gasteiger partial charge is 0.347 e. The Kier molecular flexibility index (Phi) is 10.1. The van der Waals surface area contributed by atoms with Gasteiger partial charge in [0.05, 0.1) is 12.2 Å². The Morgan fingerprint density at radius 3 is 2.36 bits per heavy atom. The lowest BCUT2D eigenvalue weighted by atomic mass is 10.1.